The van der Waals surface area contributed by atoms with E-state index >= 15 is 0 Å². The first-order valence-electron chi connectivity index (χ1n) is 6.03. The Bertz CT molecular complexity index is 350. The van der Waals surface area contributed by atoms with Gasteiger partial charge in [0.25, 0.3) is 0 Å². The van der Waals surface area contributed by atoms with Crippen molar-refractivity contribution in [2.24, 2.45) is 5.41 Å². The third-order valence-electron chi connectivity index (χ3n) is 2.53. The van der Waals surface area contributed by atoms with Crippen molar-refractivity contribution in [3.05, 3.63) is 12.4 Å². The SMILES string of the molecule is COc1cnn(CC(C)(C)CNC(C)(C)C)c1. The Balaban J connectivity index is 2.53. The highest BCUT2D eigenvalue weighted by Crippen LogP contribution is 2.19. The zero-order valence-electron chi connectivity index (χ0n) is 11.9. The van der Waals surface area contributed by atoms with Gasteiger partial charge in [-0.3, -0.25) is 4.68 Å². The smallest absolute Gasteiger partial charge is 0.156 e. The van der Waals surface area contributed by atoms with Gasteiger partial charge in [-0.25, -0.2) is 0 Å². The molecule has 4 heteroatoms. The van der Waals surface area contributed by atoms with Crippen LogP contribution in [0.25, 0.3) is 0 Å². The largest absolute Gasteiger partial charge is 0.493 e. The molecule has 1 heterocycles. The Kier molecular flexibility index (Phi) is 4.20. The lowest BCUT2D eigenvalue weighted by Crippen LogP contribution is -2.43. The highest BCUT2D eigenvalue weighted by atomic mass is 16.5. The van der Waals surface area contributed by atoms with Crippen molar-refractivity contribution in [2.75, 3.05) is 13.7 Å². The molecule has 0 saturated heterocycles. The number of hydrogen-bond donors (Lipinski definition) is 1. The number of ether oxygens (including phenoxy) is 1. The monoisotopic (exact) mass is 239 g/mol. The lowest BCUT2D eigenvalue weighted by molar-refractivity contribution is 0.246. The van der Waals surface area contributed by atoms with E-state index in [1.54, 1.807) is 13.3 Å². The second kappa shape index (κ2) is 5.08. The summed E-state index contributed by atoms with van der Waals surface area (Å²) in [4.78, 5) is 0. The van der Waals surface area contributed by atoms with Gasteiger partial charge >= 0.3 is 0 Å². The second-order valence-electron chi connectivity index (χ2n) is 6.35. The quantitative estimate of drug-likeness (QED) is 0.857. The van der Waals surface area contributed by atoms with Crippen molar-refractivity contribution in [1.29, 1.82) is 0 Å². The minimum atomic E-state index is 0.152. The molecule has 0 aromatic carbocycles. The molecule has 1 rings (SSSR count). The average molecular weight is 239 g/mol. The Morgan fingerprint density at radius 1 is 1.29 bits per heavy atom. The summed E-state index contributed by atoms with van der Waals surface area (Å²) in [6.07, 6.45) is 3.67. The van der Waals surface area contributed by atoms with Crippen molar-refractivity contribution in [1.82, 2.24) is 15.1 Å². The van der Waals surface area contributed by atoms with E-state index in [0.29, 0.717) is 0 Å². The fraction of sp³-hybridized carbons (Fsp3) is 0.769. The van der Waals surface area contributed by atoms with Gasteiger partial charge in [0.15, 0.2) is 5.75 Å². The highest BCUT2D eigenvalue weighted by Gasteiger charge is 2.22. The van der Waals surface area contributed by atoms with E-state index in [1.165, 1.54) is 0 Å². The summed E-state index contributed by atoms with van der Waals surface area (Å²) in [5, 5.41) is 7.81. The van der Waals surface area contributed by atoms with Crippen molar-refractivity contribution in [3.63, 3.8) is 0 Å². The molecule has 0 aliphatic rings. The van der Waals surface area contributed by atoms with E-state index < -0.39 is 0 Å². The van der Waals surface area contributed by atoms with Crippen LogP contribution in [0, 0.1) is 5.41 Å². The van der Waals surface area contributed by atoms with E-state index in [9.17, 15) is 0 Å². The number of rotatable bonds is 5. The van der Waals surface area contributed by atoms with Gasteiger partial charge in [0, 0.05) is 18.6 Å². The molecule has 1 aromatic rings. The van der Waals surface area contributed by atoms with Crippen LogP contribution in [0.5, 0.6) is 5.75 Å². The number of hydrogen-bond acceptors (Lipinski definition) is 3. The van der Waals surface area contributed by atoms with Gasteiger partial charge in [0.2, 0.25) is 0 Å². The number of nitrogens with one attached hydrogen (secondary N) is 1. The Morgan fingerprint density at radius 3 is 2.41 bits per heavy atom. The molecule has 17 heavy (non-hydrogen) atoms. The molecule has 0 atom stereocenters. The predicted molar refractivity (Wildman–Crippen MR) is 70.3 cm³/mol. The fourth-order valence-corrected chi connectivity index (χ4v) is 1.54. The summed E-state index contributed by atoms with van der Waals surface area (Å²) in [7, 11) is 1.66. The highest BCUT2D eigenvalue weighted by molar-refractivity contribution is 5.11. The summed E-state index contributed by atoms with van der Waals surface area (Å²) in [5.41, 5.74) is 0.309. The summed E-state index contributed by atoms with van der Waals surface area (Å²) < 4.78 is 7.06. The molecule has 0 saturated carbocycles. The van der Waals surface area contributed by atoms with Gasteiger partial charge in [-0.1, -0.05) is 13.8 Å². The molecular formula is C13H25N3O. The maximum atomic E-state index is 5.12. The summed E-state index contributed by atoms with van der Waals surface area (Å²) in [6, 6.07) is 0. The molecule has 0 radical (unpaired) electrons. The molecule has 0 bridgehead atoms. The average Bonchev–Trinajstić information content (AvgIpc) is 2.61. The molecule has 98 valence electrons. The van der Waals surface area contributed by atoms with Crippen molar-refractivity contribution in [2.45, 2.75) is 46.7 Å². The first kappa shape index (κ1) is 14.0. The van der Waals surface area contributed by atoms with Crippen LogP contribution < -0.4 is 10.1 Å². The van der Waals surface area contributed by atoms with Gasteiger partial charge < -0.3 is 10.1 Å². The van der Waals surface area contributed by atoms with Gasteiger partial charge in [-0.15, -0.1) is 0 Å². The molecule has 1 aromatic heterocycles. The molecule has 0 amide bonds. The molecular weight excluding hydrogens is 214 g/mol. The molecule has 0 aliphatic heterocycles. The standard InChI is InChI=1S/C13H25N3O/c1-12(2,3)14-9-13(4,5)10-16-8-11(17-6)7-15-16/h7-8,14H,9-10H2,1-6H3. The van der Waals surface area contributed by atoms with Crippen molar-refractivity contribution >= 4 is 0 Å². The van der Waals surface area contributed by atoms with E-state index in [4.69, 9.17) is 4.74 Å². The third kappa shape index (κ3) is 5.22. The van der Waals surface area contributed by atoms with E-state index in [2.05, 4.69) is 45.0 Å². The minimum absolute atomic E-state index is 0.152. The van der Waals surface area contributed by atoms with Gasteiger partial charge in [-0.05, 0) is 26.2 Å². The first-order valence-corrected chi connectivity index (χ1v) is 6.03. The predicted octanol–water partition coefficient (Wildman–Crippen LogP) is 2.31. The van der Waals surface area contributed by atoms with Crippen LogP contribution in [-0.2, 0) is 6.54 Å². The van der Waals surface area contributed by atoms with Crippen molar-refractivity contribution in [3.8, 4) is 5.75 Å². The zero-order chi connectivity index (χ0) is 13.1. The van der Waals surface area contributed by atoms with Crippen LogP contribution >= 0.6 is 0 Å². The lowest BCUT2D eigenvalue weighted by Gasteiger charge is -2.30. The van der Waals surface area contributed by atoms with Gasteiger partial charge in [0.05, 0.1) is 19.5 Å². The topological polar surface area (TPSA) is 39.1 Å². The maximum absolute atomic E-state index is 5.12. The van der Waals surface area contributed by atoms with E-state index in [0.717, 1.165) is 18.8 Å². The van der Waals surface area contributed by atoms with E-state index in [1.807, 2.05) is 10.9 Å². The second-order valence-corrected chi connectivity index (χ2v) is 6.35. The zero-order valence-corrected chi connectivity index (χ0v) is 11.9. The molecule has 0 unspecified atom stereocenters. The first-order chi connectivity index (χ1) is 7.72. The lowest BCUT2D eigenvalue weighted by atomic mass is 9.92. The van der Waals surface area contributed by atoms with Crippen LogP contribution in [0.1, 0.15) is 34.6 Å². The molecule has 0 spiro atoms. The summed E-state index contributed by atoms with van der Waals surface area (Å²) in [6.45, 7) is 12.8. The third-order valence-corrected chi connectivity index (χ3v) is 2.53. The molecule has 0 aliphatic carbocycles. The van der Waals surface area contributed by atoms with Crippen LogP contribution in [0.3, 0.4) is 0 Å². The van der Waals surface area contributed by atoms with E-state index in [-0.39, 0.29) is 11.0 Å². The summed E-state index contributed by atoms with van der Waals surface area (Å²) >= 11 is 0. The Labute approximate surface area is 104 Å². The molecule has 4 nitrogen and oxygen atoms in total. The minimum Gasteiger partial charge on any atom is -0.493 e. The maximum Gasteiger partial charge on any atom is 0.156 e. The number of nitrogens with zero attached hydrogens (tertiary/aromatic N) is 2. The number of aromatic nitrogens is 2. The molecule has 0 fully saturated rings. The fourth-order valence-electron chi connectivity index (χ4n) is 1.54. The van der Waals surface area contributed by atoms with Crippen molar-refractivity contribution < 1.29 is 4.74 Å². The van der Waals surface area contributed by atoms with Crippen LogP contribution in [0.2, 0.25) is 0 Å². The summed E-state index contributed by atoms with van der Waals surface area (Å²) in [5.74, 6) is 0.810. The Morgan fingerprint density at radius 2 is 1.94 bits per heavy atom. The van der Waals surface area contributed by atoms with Gasteiger partial charge in [0.1, 0.15) is 0 Å². The van der Waals surface area contributed by atoms with Crippen LogP contribution in [-0.4, -0.2) is 29.0 Å². The number of methoxy groups -OCH3 is 1. The molecule has 1 N–H and O–H groups in total. The van der Waals surface area contributed by atoms with Crippen LogP contribution in [0.4, 0.5) is 0 Å². The van der Waals surface area contributed by atoms with Crippen LogP contribution in [0.15, 0.2) is 12.4 Å². The van der Waals surface area contributed by atoms with Gasteiger partial charge in [-0.2, -0.15) is 5.10 Å². The Hall–Kier alpha value is -1.03. The normalized spacial score (nSPS) is 12.8.